The Morgan fingerprint density at radius 2 is 1.90 bits per heavy atom. The normalized spacial score (nSPS) is 34.7. The maximum absolute atomic E-state index is 4.70. The summed E-state index contributed by atoms with van der Waals surface area (Å²) < 4.78 is 1.87. The lowest BCUT2D eigenvalue weighted by atomic mass is 9.93. The Bertz CT molecular complexity index is 931. The van der Waals surface area contributed by atoms with Crippen LogP contribution in [0.15, 0.2) is 36.7 Å². The number of pyridine rings is 1. The Balaban J connectivity index is 1.02. The van der Waals surface area contributed by atoms with Crippen molar-refractivity contribution in [2.75, 3.05) is 25.0 Å². The second-order valence-electron chi connectivity index (χ2n) is 10.3. The van der Waals surface area contributed by atoms with E-state index >= 15 is 0 Å². The van der Waals surface area contributed by atoms with E-state index in [2.05, 4.69) is 52.7 Å². The lowest BCUT2D eigenvalue weighted by Crippen LogP contribution is -2.31. The molecule has 6 rings (SSSR count). The molecule has 3 heterocycles. The Hall–Kier alpha value is -2.14. The summed E-state index contributed by atoms with van der Waals surface area (Å²) >= 11 is 0. The van der Waals surface area contributed by atoms with E-state index in [9.17, 15) is 0 Å². The Morgan fingerprint density at radius 1 is 1.07 bits per heavy atom. The van der Waals surface area contributed by atoms with Gasteiger partial charge >= 0.3 is 0 Å². The number of allylic oxidation sites excluding steroid dienone is 2. The maximum atomic E-state index is 4.70. The first-order valence-corrected chi connectivity index (χ1v) is 11.7. The van der Waals surface area contributed by atoms with Gasteiger partial charge in [0.25, 0.3) is 0 Å². The first-order valence-electron chi connectivity index (χ1n) is 11.7. The molecule has 4 aliphatic rings. The highest BCUT2D eigenvalue weighted by molar-refractivity contribution is 5.65. The van der Waals surface area contributed by atoms with E-state index in [4.69, 9.17) is 4.98 Å². The highest BCUT2D eigenvalue weighted by Crippen LogP contribution is 2.45. The summed E-state index contributed by atoms with van der Waals surface area (Å²) in [5, 5.41) is 8.16. The van der Waals surface area contributed by atoms with Gasteiger partial charge in [-0.05, 0) is 74.3 Å². The zero-order chi connectivity index (χ0) is 20.2. The van der Waals surface area contributed by atoms with E-state index < -0.39 is 0 Å². The van der Waals surface area contributed by atoms with Gasteiger partial charge in [-0.15, -0.1) is 0 Å². The smallest absolute Gasteiger partial charge is 0.126 e. The minimum Gasteiger partial charge on any atom is -0.367 e. The molecule has 5 heteroatoms. The summed E-state index contributed by atoms with van der Waals surface area (Å²) in [6.07, 6.45) is 14.5. The van der Waals surface area contributed by atoms with E-state index in [1.54, 1.807) is 0 Å². The molecule has 2 aromatic heterocycles. The molecule has 3 aliphatic carbocycles. The third-order valence-electron chi connectivity index (χ3n) is 8.18. The van der Waals surface area contributed by atoms with Crippen molar-refractivity contribution in [1.82, 2.24) is 19.7 Å². The van der Waals surface area contributed by atoms with Gasteiger partial charge in [-0.2, -0.15) is 5.10 Å². The van der Waals surface area contributed by atoms with Crippen LogP contribution in [0, 0.1) is 36.5 Å². The van der Waals surface area contributed by atoms with Crippen molar-refractivity contribution >= 4 is 5.82 Å². The number of hydrogen-bond acceptors (Lipinski definition) is 4. The predicted octanol–water partition coefficient (Wildman–Crippen LogP) is 4.13. The number of aryl methyl sites for hydroxylation is 2. The van der Waals surface area contributed by atoms with Gasteiger partial charge in [0.2, 0.25) is 0 Å². The van der Waals surface area contributed by atoms with Crippen LogP contribution in [-0.2, 0) is 7.05 Å². The largest absolute Gasteiger partial charge is 0.367 e. The van der Waals surface area contributed by atoms with Crippen LogP contribution in [0.1, 0.15) is 31.4 Å². The van der Waals surface area contributed by atoms with E-state index in [1.807, 2.05) is 17.9 Å². The summed E-state index contributed by atoms with van der Waals surface area (Å²) in [5.41, 5.74) is 3.35. The van der Waals surface area contributed by atoms with Crippen LogP contribution < -0.4 is 5.32 Å². The van der Waals surface area contributed by atoms with Gasteiger partial charge < -0.3 is 10.2 Å². The zero-order valence-electron chi connectivity index (χ0n) is 18.2. The average molecular weight is 404 g/mol. The van der Waals surface area contributed by atoms with Crippen LogP contribution in [0.3, 0.4) is 0 Å². The van der Waals surface area contributed by atoms with E-state index in [1.165, 1.54) is 45.3 Å². The molecule has 0 amide bonds. The molecule has 3 unspecified atom stereocenters. The number of anilines is 1. The second kappa shape index (κ2) is 7.23. The van der Waals surface area contributed by atoms with Crippen molar-refractivity contribution in [2.45, 2.75) is 38.6 Å². The van der Waals surface area contributed by atoms with Crippen molar-refractivity contribution in [3.8, 4) is 11.1 Å². The third kappa shape index (κ3) is 3.37. The molecule has 0 aromatic carbocycles. The number of fused-ring (bicyclic) bond motifs is 3. The molecule has 0 radical (unpaired) electrons. The van der Waals surface area contributed by atoms with Crippen LogP contribution in [0.4, 0.5) is 5.82 Å². The number of likely N-dealkylation sites (tertiary alicyclic amines) is 1. The Labute approximate surface area is 179 Å². The van der Waals surface area contributed by atoms with Crippen LogP contribution >= 0.6 is 0 Å². The molecule has 2 aromatic rings. The van der Waals surface area contributed by atoms with Crippen LogP contribution in [-0.4, -0.2) is 45.3 Å². The summed E-state index contributed by atoms with van der Waals surface area (Å²) in [7, 11) is 1.97. The molecule has 1 N–H and O–H groups in total. The molecule has 3 fully saturated rings. The van der Waals surface area contributed by atoms with Gasteiger partial charge in [0.05, 0.1) is 5.69 Å². The predicted molar refractivity (Wildman–Crippen MR) is 120 cm³/mol. The molecule has 0 spiro atoms. The minimum atomic E-state index is 0.575. The highest BCUT2D eigenvalue weighted by Gasteiger charge is 2.43. The van der Waals surface area contributed by atoms with Crippen molar-refractivity contribution < 1.29 is 0 Å². The molecule has 158 valence electrons. The first kappa shape index (κ1) is 18.6. The van der Waals surface area contributed by atoms with Gasteiger partial charge in [0.1, 0.15) is 5.82 Å². The first-order chi connectivity index (χ1) is 14.6. The molecule has 6 atom stereocenters. The Morgan fingerprint density at radius 3 is 2.50 bits per heavy atom. The van der Waals surface area contributed by atoms with Crippen LogP contribution in [0.25, 0.3) is 11.1 Å². The summed E-state index contributed by atoms with van der Waals surface area (Å²) in [4.78, 5) is 7.49. The SMILES string of the molecule is Cc1nn(C)cc1-c1ccc(N[C@@H]2C[C@@H]3CN(CC4CC5C=CC4C5)C[C@@H]3C2)nc1. The number of aromatic nitrogens is 3. The standard InChI is InChI=1S/C25H33N5/c1-16-24(15-29(2)28-16)19-5-6-25(26-11-19)27-23-9-21-13-30(14-22(21)10-23)12-20-8-17-3-4-18(20)7-17/h3-6,11,15,17-18,20-23H,7-10,12-14H2,1-2H3,(H,26,27)/t17?,18?,20?,21-,22+,23-. The van der Waals surface area contributed by atoms with Crippen molar-refractivity contribution in [3.05, 3.63) is 42.4 Å². The van der Waals surface area contributed by atoms with Gasteiger partial charge in [-0.25, -0.2) is 4.98 Å². The lowest BCUT2D eigenvalue weighted by molar-refractivity contribution is 0.238. The average Bonchev–Trinajstić information content (AvgIpc) is 3.51. The summed E-state index contributed by atoms with van der Waals surface area (Å²) in [5.74, 6) is 5.46. The molecule has 2 saturated carbocycles. The van der Waals surface area contributed by atoms with E-state index in [0.717, 1.165) is 52.2 Å². The molecule has 30 heavy (non-hydrogen) atoms. The minimum absolute atomic E-state index is 0.575. The fourth-order valence-electron chi connectivity index (χ4n) is 6.83. The lowest BCUT2D eigenvalue weighted by Gasteiger charge is -2.26. The summed E-state index contributed by atoms with van der Waals surface area (Å²) in [6, 6.07) is 4.87. The molecule has 1 aliphatic heterocycles. The van der Waals surface area contributed by atoms with Gasteiger partial charge in [0.15, 0.2) is 0 Å². The number of nitrogens with one attached hydrogen (secondary N) is 1. The fourth-order valence-corrected chi connectivity index (χ4v) is 6.83. The second-order valence-corrected chi connectivity index (χ2v) is 10.3. The van der Waals surface area contributed by atoms with Gasteiger partial charge in [-0.1, -0.05) is 12.2 Å². The maximum Gasteiger partial charge on any atom is 0.126 e. The summed E-state index contributed by atoms with van der Waals surface area (Å²) in [6.45, 7) is 6.02. The fraction of sp³-hybridized carbons (Fsp3) is 0.600. The third-order valence-corrected chi connectivity index (χ3v) is 8.18. The molecule has 2 bridgehead atoms. The quantitative estimate of drug-likeness (QED) is 0.763. The van der Waals surface area contributed by atoms with Crippen molar-refractivity contribution in [1.29, 1.82) is 0 Å². The van der Waals surface area contributed by atoms with Crippen molar-refractivity contribution in [2.24, 2.45) is 36.6 Å². The van der Waals surface area contributed by atoms with Crippen LogP contribution in [0.5, 0.6) is 0 Å². The molecule has 5 nitrogen and oxygen atoms in total. The van der Waals surface area contributed by atoms with E-state index in [0.29, 0.717) is 6.04 Å². The Kier molecular flexibility index (Phi) is 4.48. The van der Waals surface area contributed by atoms with Crippen molar-refractivity contribution in [3.63, 3.8) is 0 Å². The molecule has 1 saturated heterocycles. The molecular formula is C25H33N5. The van der Waals surface area contributed by atoms with Gasteiger partial charge in [-0.3, -0.25) is 4.68 Å². The number of hydrogen-bond donors (Lipinski definition) is 1. The highest BCUT2D eigenvalue weighted by atomic mass is 15.2. The van der Waals surface area contributed by atoms with E-state index in [-0.39, 0.29) is 0 Å². The number of nitrogens with zero attached hydrogens (tertiary/aromatic N) is 4. The van der Waals surface area contributed by atoms with Gasteiger partial charge in [0, 0.05) is 56.2 Å². The zero-order valence-corrected chi connectivity index (χ0v) is 18.2. The topological polar surface area (TPSA) is 46.0 Å². The number of rotatable bonds is 5. The van der Waals surface area contributed by atoms with Crippen LogP contribution in [0.2, 0.25) is 0 Å². The molecular weight excluding hydrogens is 370 g/mol. The monoisotopic (exact) mass is 403 g/mol.